The van der Waals surface area contributed by atoms with Gasteiger partial charge in [-0.2, -0.15) is 0 Å². The summed E-state index contributed by atoms with van der Waals surface area (Å²) in [4.78, 5) is 0. The molecule has 11 heavy (non-hydrogen) atoms. The van der Waals surface area contributed by atoms with Gasteiger partial charge in [-0.3, -0.25) is 0 Å². The van der Waals surface area contributed by atoms with E-state index in [0.717, 1.165) is 12.5 Å². The van der Waals surface area contributed by atoms with E-state index < -0.39 is 0 Å². The third-order valence-electron chi connectivity index (χ3n) is 2.37. The zero-order valence-electron chi connectivity index (χ0n) is 7.69. The first-order valence-corrected chi connectivity index (χ1v) is 4.73. The zero-order valence-corrected chi connectivity index (χ0v) is 7.69. The van der Waals surface area contributed by atoms with E-state index in [-0.39, 0.29) is 0 Å². The molecule has 1 heteroatoms. The van der Waals surface area contributed by atoms with Crippen molar-refractivity contribution in [1.82, 2.24) is 5.32 Å². The first-order valence-electron chi connectivity index (χ1n) is 4.73. The minimum atomic E-state index is 0.768. The molecule has 0 aromatic rings. The van der Waals surface area contributed by atoms with Gasteiger partial charge in [-0.15, -0.1) is 0 Å². The van der Waals surface area contributed by atoms with Crippen LogP contribution >= 0.6 is 0 Å². The normalized spacial score (nSPS) is 25.5. The number of hydrogen-bond donors (Lipinski definition) is 1. The zero-order chi connectivity index (χ0) is 8.10. The van der Waals surface area contributed by atoms with Crippen molar-refractivity contribution in [2.45, 2.75) is 33.1 Å². The van der Waals surface area contributed by atoms with Gasteiger partial charge >= 0.3 is 0 Å². The molecule has 0 saturated carbocycles. The lowest BCUT2D eigenvalue weighted by Crippen LogP contribution is -2.24. The molecule has 0 radical (unpaired) electrons. The second-order valence-electron chi connectivity index (χ2n) is 3.49. The molecule has 0 bridgehead atoms. The fourth-order valence-corrected chi connectivity index (χ4v) is 1.44. The van der Waals surface area contributed by atoms with Crippen LogP contribution in [0.15, 0.2) is 11.6 Å². The van der Waals surface area contributed by atoms with Crippen LogP contribution in [-0.2, 0) is 0 Å². The molecule has 0 spiro atoms. The molecule has 0 aromatic heterocycles. The Morgan fingerprint density at radius 3 is 3.00 bits per heavy atom. The summed E-state index contributed by atoms with van der Waals surface area (Å²) in [5.74, 6) is 0.768. The van der Waals surface area contributed by atoms with Crippen LogP contribution in [0.3, 0.4) is 0 Å². The smallest absolute Gasteiger partial charge is 0.0164 e. The van der Waals surface area contributed by atoms with Crippen molar-refractivity contribution < 1.29 is 0 Å². The Morgan fingerprint density at radius 2 is 2.45 bits per heavy atom. The second kappa shape index (κ2) is 4.55. The van der Waals surface area contributed by atoms with Gasteiger partial charge in [0.1, 0.15) is 0 Å². The molecule has 1 saturated heterocycles. The van der Waals surface area contributed by atoms with Crippen LogP contribution in [0.25, 0.3) is 0 Å². The van der Waals surface area contributed by atoms with E-state index in [9.17, 15) is 0 Å². The van der Waals surface area contributed by atoms with Crippen LogP contribution in [0.1, 0.15) is 33.1 Å². The highest BCUT2D eigenvalue weighted by atomic mass is 14.9. The Hall–Kier alpha value is -0.300. The maximum Gasteiger partial charge on any atom is 0.0164 e. The molecule has 1 N–H and O–H groups in total. The van der Waals surface area contributed by atoms with E-state index in [1.807, 2.05) is 0 Å². The molecule has 1 unspecified atom stereocenters. The number of rotatable bonds is 2. The molecule has 64 valence electrons. The minimum Gasteiger partial charge on any atom is -0.313 e. The molecular weight excluding hydrogens is 134 g/mol. The highest BCUT2D eigenvalue weighted by molar-refractivity contribution is 5.07. The summed E-state index contributed by atoms with van der Waals surface area (Å²) in [6.45, 7) is 6.88. The average molecular weight is 153 g/mol. The third kappa shape index (κ3) is 3.06. The van der Waals surface area contributed by atoms with Crippen molar-refractivity contribution in [3.63, 3.8) is 0 Å². The Labute approximate surface area is 69.9 Å². The summed E-state index contributed by atoms with van der Waals surface area (Å²) < 4.78 is 0. The molecule has 0 aromatic carbocycles. The van der Waals surface area contributed by atoms with Gasteiger partial charge in [0, 0.05) is 6.54 Å². The van der Waals surface area contributed by atoms with Crippen LogP contribution in [-0.4, -0.2) is 13.1 Å². The fourth-order valence-electron chi connectivity index (χ4n) is 1.44. The van der Waals surface area contributed by atoms with Gasteiger partial charge in [-0.1, -0.05) is 31.9 Å². The molecule has 1 aliphatic rings. The van der Waals surface area contributed by atoms with Gasteiger partial charge in [0.25, 0.3) is 0 Å². The quantitative estimate of drug-likeness (QED) is 0.600. The molecule has 1 atom stereocenters. The van der Waals surface area contributed by atoms with Gasteiger partial charge in [0.2, 0.25) is 0 Å². The van der Waals surface area contributed by atoms with Crippen LogP contribution < -0.4 is 5.32 Å². The fraction of sp³-hybridized carbons (Fsp3) is 0.800. The summed E-state index contributed by atoms with van der Waals surface area (Å²) >= 11 is 0. The predicted molar refractivity (Wildman–Crippen MR) is 49.6 cm³/mol. The lowest BCUT2D eigenvalue weighted by atomic mass is 10.00. The van der Waals surface area contributed by atoms with E-state index in [4.69, 9.17) is 0 Å². The summed E-state index contributed by atoms with van der Waals surface area (Å²) in [5.41, 5.74) is 1.62. The van der Waals surface area contributed by atoms with Crippen molar-refractivity contribution in [2.24, 2.45) is 5.92 Å². The van der Waals surface area contributed by atoms with Crippen molar-refractivity contribution in [3.8, 4) is 0 Å². The minimum absolute atomic E-state index is 0.768. The Bertz CT molecular complexity index is 130. The molecule has 1 fully saturated rings. The molecule has 0 aliphatic carbocycles. The Morgan fingerprint density at radius 1 is 1.64 bits per heavy atom. The number of hydrogen-bond acceptors (Lipinski definition) is 1. The maximum atomic E-state index is 3.40. The van der Waals surface area contributed by atoms with Gasteiger partial charge in [0.15, 0.2) is 0 Å². The first-order chi connectivity index (χ1) is 5.33. The summed E-state index contributed by atoms with van der Waals surface area (Å²) in [6, 6.07) is 0. The monoisotopic (exact) mass is 153 g/mol. The van der Waals surface area contributed by atoms with Crippen molar-refractivity contribution in [3.05, 3.63) is 11.6 Å². The van der Waals surface area contributed by atoms with E-state index in [2.05, 4.69) is 25.2 Å². The van der Waals surface area contributed by atoms with E-state index >= 15 is 0 Å². The SMILES string of the molecule is CCC(C)/C=C1/CCCNC1. The largest absolute Gasteiger partial charge is 0.313 e. The standard InChI is InChI=1S/C10H19N/c1-3-9(2)7-10-5-4-6-11-8-10/h7,9,11H,3-6,8H2,1-2H3/b10-7-. The third-order valence-corrected chi connectivity index (χ3v) is 2.37. The van der Waals surface area contributed by atoms with Gasteiger partial charge in [0.05, 0.1) is 0 Å². The second-order valence-corrected chi connectivity index (χ2v) is 3.49. The van der Waals surface area contributed by atoms with Crippen LogP contribution in [0, 0.1) is 5.92 Å². The van der Waals surface area contributed by atoms with Crippen molar-refractivity contribution in [2.75, 3.05) is 13.1 Å². The van der Waals surface area contributed by atoms with E-state index in [1.54, 1.807) is 5.57 Å². The van der Waals surface area contributed by atoms with Gasteiger partial charge in [-0.05, 0) is 25.3 Å². The molecule has 1 nitrogen and oxygen atoms in total. The average Bonchev–Trinajstić information content (AvgIpc) is 2.06. The highest BCUT2D eigenvalue weighted by Crippen LogP contribution is 2.13. The summed E-state index contributed by atoms with van der Waals surface area (Å²) in [7, 11) is 0. The molecule has 1 aliphatic heterocycles. The first kappa shape index (κ1) is 8.79. The van der Waals surface area contributed by atoms with Gasteiger partial charge < -0.3 is 5.32 Å². The Kier molecular flexibility index (Phi) is 3.64. The number of allylic oxidation sites excluding steroid dienone is 1. The summed E-state index contributed by atoms with van der Waals surface area (Å²) in [6.07, 6.45) is 6.34. The predicted octanol–water partition coefficient (Wildman–Crippen LogP) is 2.34. The topological polar surface area (TPSA) is 12.0 Å². The van der Waals surface area contributed by atoms with Crippen LogP contribution in [0.2, 0.25) is 0 Å². The number of nitrogens with one attached hydrogen (secondary N) is 1. The Balaban J connectivity index is 2.37. The lowest BCUT2D eigenvalue weighted by molar-refractivity contribution is 0.593. The van der Waals surface area contributed by atoms with Crippen LogP contribution in [0.5, 0.6) is 0 Å². The molecule has 1 rings (SSSR count). The van der Waals surface area contributed by atoms with E-state index in [1.165, 1.54) is 25.8 Å². The molecule has 0 amide bonds. The van der Waals surface area contributed by atoms with Crippen molar-refractivity contribution >= 4 is 0 Å². The highest BCUT2D eigenvalue weighted by Gasteiger charge is 2.04. The lowest BCUT2D eigenvalue weighted by Gasteiger charge is -2.16. The van der Waals surface area contributed by atoms with Gasteiger partial charge in [-0.25, -0.2) is 0 Å². The maximum absolute atomic E-state index is 3.40. The number of piperidine rings is 1. The summed E-state index contributed by atoms with van der Waals surface area (Å²) in [5, 5.41) is 3.40. The van der Waals surface area contributed by atoms with E-state index in [0.29, 0.717) is 0 Å². The molecular formula is C10H19N. The van der Waals surface area contributed by atoms with Crippen LogP contribution in [0.4, 0.5) is 0 Å². The molecule has 1 heterocycles. The van der Waals surface area contributed by atoms with Crippen molar-refractivity contribution in [1.29, 1.82) is 0 Å².